The number of rotatable bonds is 3. The number of piperidine rings is 1. The van der Waals surface area contributed by atoms with Crippen molar-refractivity contribution < 1.29 is 0 Å². The summed E-state index contributed by atoms with van der Waals surface area (Å²) in [6.07, 6.45) is 7.14. The number of nitrogens with one attached hydrogen (secondary N) is 1. The van der Waals surface area contributed by atoms with Gasteiger partial charge in [0.2, 0.25) is 0 Å². The molecule has 0 atom stereocenters. The SMILES string of the molecule is Cc1cc(NC2CCN(c3ncnc4c3cnn4C)CC2)ncn1. The topological polar surface area (TPSA) is 84.6 Å². The minimum Gasteiger partial charge on any atom is -0.367 e. The van der Waals surface area contributed by atoms with Crippen LogP contribution in [0.5, 0.6) is 0 Å². The first-order valence-corrected chi connectivity index (χ1v) is 8.13. The Morgan fingerprint density at radius 2 is 1.88 bits per heavy atom. The Bertz CT molecular complexity index is 850. The number of aryl methyl sites for hydroxylation is 2. The first-order chi connectivity index (χ1) is 11.7. The van der Waals surface area contributed by atoms with E-state index in [4.69, 9.17) is 0 Å². The van der Waals surface area contributed by atoms with Gasteiger partial charge in [0.05, 0.1) is 11.6 Å². The van der Waals surface area contributed by atoms with Gasteiger partial charge in [-0.2, -0.15) is 5.10 Å². The van der Waals surface area contributed by atoms with E-state index in [0.717, 1.165) is 54.3 Å². The van der Waals surface area contributed by atoms with Crippen LogP contribution in [0.2, 0.25) is 0 Å². The molecule has 1 N–H and O–H groups in total. The van der Waals surface area contributed by atoms with Gasteiger partial charge in [0.15, 0.2) is 5.65 Å². The lowest BCUT2D eigenvalue weighted by molar-refractivity contribution is 0.523. The molecular weight excluding hydrogens is 304 g/mol. The molecule has 4 heterocycles. The zero-order valence-corrected chi connectivity index (χ0v) is 13.8. The maximum Gasteiger partial charge on any atom is 0.163 e. The fraction of sp³-hybridized carbons (Fsp3) is 0.438. The highest BCUT2D eigenvalue weighted by Gasteiger charge is 2.22. The number of fused-ring (bicyclic) bond motifs is 1. The van der Waals surface area contributed by atoms with Crippen molar-refractivity contribution in [3.63, 3.8) is 0 Å². The highest BCUT2D eigenvalue weighted by Crippen LogP contribution is 2.25. The van der Waals surface area contributed by atoms with Gasteiger partial charge in [-0.05, 0) is 19.8 Å². The highest BCUT2D eigenvalue weighted by atomic mass is 15.3. The molecule has 1 fully saturated rings. The molecule has 0 spiro atoms. The van der Waals surface area contributed by atoms with Gasteiger partial charge in [-0.15, -0.1) is 0 Å². The van der Waals surface area contributed by atoms with Crippen molar-refractivity contribution in [3.05, 3.63) is 30.6 Å². The Morgan fingerprint density at radius 1 is 1.08 bits per heavy atom. The Hall–Kier alpha value is -2.77. The second-order valence-electron chi connectivity index (χ2n) is 6.15. The van der Waals surface area contributed by atoms with Crippen LogP contribution in [0.3, 0.4) is 0 Å². The molecule has 0 bridgehead atoms. The highest BCUT2D eigenvalue weighted by molar-refractivity contribution is 5.86. The average molecular weight is 324 g/mol. The molecule has 0 aromatic carbocycles. The van der Waals surface area contributed by atoms with Crippen molar-refractivity contribution >= 4 is 22.7 Å². The fourth-order valence-electron chi connectivity index (χ4n) is 3.18. The second-order valence-corrected chi connectivity index (χ2v) is 6.15. The zero-order chi connectivity index (χ0) is 16.5. The number of aromatic nitrogens is 6. The average Bonchev–Trinajstić information content (AvgIpc) is 2.97. The molecule has 0 unspecified atom stereocenters. The molecule has 1 saturated heterocycles. The largest absolute Gasteiger partial charge is 0.367 e. The predicted molar refractivity (Wildman–Crippen MR) is 91.9 cm³/mol. The quantitative estimate of drug-likeness (QED) is 0.782. The van der Waals surface area contributed by atoms with Crippen molar-refractivity contribution in [3.8, 4) is 0 Å². The van der Waals surface area contributed by atoms with Gasteiger partial charge >= 0.3 is 0 Å². The molecule has 0 saturated carbocycles. The van der Waals surface area contributed by atoms with Crippen molar-refractivity contribution in [2.45, 2.75) is 25.8 Å². The minimum absolute atomic E-state index is 0.418. The number of hydrogen-bond acceptors (Lipinski definition) is 7. The summed E-state index contributed by atoms with van der Waals surface area (Å²) in [5.74, 6) is 1.88. The van der Waals surface area contributed by atoms with Crippen LogP contribution in [0.25, 0.3) is 11.0 Å². The Balaban J connectivity index is 1.46. The monoisotopic (exact) mass is 324 g/mol. The molecule has 8 nitrogen and oxygen atoms in total. The summed E-state index contributed by atoms with van der Waals surface area (Å²) < 4.78 is 1.78. The Labute approximate surface area is 140 Å². The van der Waals surface area contributed by atoms with Crippen LogP contribution in [-0.4, -0.2) is 48.8 Å². The molecule has 1 aliphatic heterocycles. The van der Waals surface area contributed by atoms with Gasteiger partial charge in [0.1, 0.15) is 24.3 Å². The van der Waals surface area contributed by atoms with Gasteiger partial charge in [-0.25, -0.2) is 19.9 Å². The van der Waals surface area contributed by atoms with Crippen LogP contribution in [0.4, 0.5) is 11.6 Å². The fourth-order valence-corrected chi connectivity index (χ4v) is 3.18. The van der Waals surface area contributed by atoms with Crippen molar-refractivity contribution in [2.24, 2.45) is 7.05 Å². The maximum atomic E-state index is 4.48. The standard InChI is InChI=1S/C16H20N8/c1-11-7-14(18-9-17-11)22-12-3-5-24(6-4-12)16-13-8-21-23(2)15(13)19-10-20-16/h7-10,12H,3-6H2,1-2H3,(H,17,18,22). The summed E-state index contributed by atoms with van der Waals surface area (Å²) in [6, 6.07) is 2.40. The smallest absolute Gasteiger partial charge is 0.163 e. The molecule has 1 aliphatic rings. The lowest BCUT2D eigenvalue weighted by atomic mass is 10.0. The maximum absolute atomic E-state index is 4.48. The lowest BCUT2D eigenvalue weighted by Gasteiger charge is -2.33. The molecule has 3 aromatic rings. The van der Waals surface area contributed by atoms with Gasteiger partial charge in [-0.3, -0.25) is 4.68 Å². The summed E-state index contributed by atoms with van der Waals surface area (Å²) in [7, 11) is 1.90. The molecule has 3 aromatic heterocycles. The summed E-state index contributed by atoms with van der Waals surface area (Å²) in [6.45, 7) is 3.87. The van der Waals surface area contributed by atoms with E-state index in [0.29, 0.717) is 6.04 Å². The first-order valence-electron chi connectivity index (χ1n) is 8.13. The van der Waals surface area contributed by atoms with E-state index in [9.17, 15) is 0 Å². The van der Waals surface area contributed by atoms with E-state index in [1.807, 2.05) is 26.2 Å². The second kappa shape index (κ2) is 6.03. The number of nitrogens with zero attached hydrogens (tertiary/aromatic N) is 7. The third-order valence-electron chi connectivity index (χ3n) is 4.46. The van der Waals surface area contributed by atoms with E-state index in [-0.39, 0.29) is 0 Å². The zero-order valence-electron chi connectivity index (χ0n) is 13.8. The molecule has 0 radical (unpaired) electrons. The van der Waals surface area contributed by atoms with Crippen molar-refractivity contribution in [1.82, 2.24) is 29.7 Å². The van der Waals surface area contributed by atoms with Crippen LogP contribution in [-0.2, 0) is 7.05 Å². The van der Waals surface area contributed by atoms with Crippen LogP contribution in [0.1, 0.15) is 18.5 Å². The molecule has 0 aliphatic carbocycles. The van der Waals surface area contributed by atoms with Gasteiger partial charge in [0, 0.05) is 37.9 Å². The minimum atomic E-state index is 0.418. The van der Waals surface area contributed by atoms with Crippen LogP contribution in [0, 0.1) is 6.92 Å². The van der Waals surface area contributed by atoms with E-state index in [2.05, 4.69) is 35.3 Å². The summed E-state index contributed by atoms with van der Waals surface area (Å²) >= 11 is 0. The molecular formula is C16H20N8. The summed E-state index contributed by atoms with van der Waals surface area (Å²) in [5, 5.41) is 8.81. The molecule has 4 rings (SSSR count). The number of anilines is 2. The van der Waals surface area contributed by atoms with Crippen LogP contribution in [0.15, 0.2) is 24.9 Å². The normalized spacial score (nSPS) is 15.8. The third-order valence-corrected chi connectivity index (χ3v) is 4.46. The van der Waals surface area contributed by atoms with Crippen LogP contribution < -0.4 is 10.2 Å². The lowest BCUT2D eigenvalue weighted by Crippen LogP contribution is -2.39. The summed E-state index contributed by atoms with van der Waals surface area (Å²) in [5.41, 5.74) is 1.85. The molecule has 124 valence electrons. The van der Waals surface area contributed by atoms with Crippen LogP contribution >= 0.6 is 0 Å². The third kappa shape index (κ3) is 2.75. The molecule has 8 heteroatoms. The van der Waals surface area contributed by atoms with Gasteiger partial charge < -0.3 is 10.2 Å². The Kier molecular flexibility index (Phi) is 3.72. The van der Waals surface area contributed by atoms with Gasteiger partial charge in [0.25, 0.3) is 0 Å². The molecule has 0 amide bonds. The van der Waals surface area contributed by atoms with Crippen molar-refractivity contribution in [1.29, 1.82) is 0 Å². The molecule has 24 heavy (non-hydrogen) atoms. The Morgan fingerprint density at radius 3 is 2.67 bits per heavy atom. The summed E-state index contributed by atoms with van der Waals surface area (Å²) in [4.78, 5) is 19.5. The van der Waals surface area contributed by atoms with Gasteiger partial charge in [-0.1, -0.05) is 0 Å². The van der Waals surface area contributed by atoms with E-state index < -0.39 is 0 Å². The first kappa shape index (κ1) is 14.8. The number of hydrogen-bond donors (Lipinski definition) is 1. The van der Waals surface area contributed by atoms with E-state index in [1.54, 1.807) is 17.3 Å². The van der Waals surface area contributed by atoms with Crippen molar-refractivity contribution in [2.75, 3.05) is 23.3 Å². The van der Waals surface area contributed by atoms with E-state index >= 15 is 0 Å². The predicted octanol–water partition coefficient (Wildman–Crippen LogP) is 1.54. The van der Waals surface area contributed by atoms with E-state index in [1.165, 1.54) is 0 Å².